The van der Waals surface area contributed by atoms with Gasteiger partial charge in [-0.05, 0) is 36.4 Å². The van der Waals surface area contributed by atoms with E-state index in [4.69, 9.17) is 19.2 Å². The number of carbonyl (C=O) groups is 1. The Morgan fingerprint density at radius 3 is 2.84 bits per heavy atom. The zero-order chi connectivity index (χ0) is 21.9. The maximum Gasteiger partial charge on any atom is 0.231 e. The van der Waals surface area contributed by atoms with Crippen molar-refractivity contribution in [1.29, 1.82) is 0 Å². The number of fused-ring (bicyclic) bond motifs is 2. The molecular weight excluding hydrogens is 410 g/mol. The normalized spacial score (nSPS) is 12.0. The molecule has 9 heteroatoms. The van der Waals surface area contributed by atoms with Crippen LogP contribution in [0.25, 0.3) is 16.9 Å². The van der Waals surface area contributed by atoms with Gasteiger partial charge >= 0.3 is 0 Å². The molecule has 0 aliphatic carbocycles. The minimum atomic E-state index is -0.113. The van der Waals surface area contributed by atoms with Crippen LogP contribution >= 0.6 is 0 Å². The SMILES string of the molecule is COc1ccc(-c2nc3cnccn3c2NCCC(=O)Nc2ccc3c(c2)OCO3)cc1. The van der Waals surface area contributed by atoms with Gasteiger partial charge in [-0.25, -0.2) is 4.98 Å². The van der Waals surface area contributed by atoms with Gasteiger partial charge in [0.15, 0.2) is 17.1 Å². The fraction of sp³-hybridized carbons (Fsp3) is 0.174. The summed E-state index contributed by atoms with van der Waals surface area (Å²) in [6, 6.07) is 13.0. The summed E-state index contributed by atoms with van der Waals surface area (Å²) < 4.78 is 17.8. The minimum absolute atomic E-state index is 0.113. The molecule has 162 valence electrons. The zero-order valence-corrected chi connectivity index (χ0v) is 17.4. The molecule has 0 spiro atoms. The van der Waals surface area contributed by atoms with E-state index in [1.165, 1.54) is 0 Å². The maximum atomic E-state index is 12.5. The number of amides is 1. The quantitative estimate of drug-likeness (QED) is 0.461. The van der Waals surface area contributed by atoms with Crippen LogP contribution in [0.5, 0.6) is 17.2 Å². The van der Waals surface area contributed by atoms with Crippen LogP contribution in [0.2, 0.25) is 0 Å². The summed E-state index contributed by atoms with van der Waals surface area (Å²) in [7, 11) is 1.63. The van der Waals surface area contributed by atoms with E-state index in [9.17, 15) is 4.79 Å². The number of nitrogens with one attached hydrogen (secondary N) is 2. The van der Waals surface area contributed by atoms with E-state index in [2.05, 4.69) is 15.6 Å². The van der Waals surface area contributed by atoms with Crippen molar-refractivity contribution >= 4 is 23.1 Å². The van der Waals surface area contributed by atoms with Crippen LogP contribution in [0.4, 0.5) is 11.5 Å². The number of hydrogen-bond acceptors (Lipinski definition) is 7. The molecule has 0 radical (unpaired) electrons. The third-order valence-electron chi connectivity index (χ3n) is 5.09. The standard InChI is InChI=1S/C23H21N5O4/c1-30-17-5-2-15(3-6-17)22-23(28-11-10-24-13-20(28)27-22)25-9-8-21(29)26-16-4-7-18-19(12-16)32-14-31-18/h2-7,10-13,25H,8-9,14H2,1H3,(H,26,29). The molecule has 2 N–H and O–H groups in total. The lowest BCUT2D eigenvalue weighted by molar-refractivity contribution is -0.115. The summed E-state index contributed by atoms with van der Waals surface area (Å²) in [5, 5.41) is 6.24. The second-order valence-electron chi connectivity index (χ2n) is 7.14. The van der Waals surface area contributed by atoms with Gasteiger partial charge in [0.05, 0.1) is 13.3 Å². The Hall–Kier alpha value is -4.27. The van der Waals surface area contributed by atoms with Crippen molar-refractivity contribution in [3.05, 3.63) is 61.1 Å². The molecule has 0 saturated carbocycles. The Morgan fingerprint density at radius 1 is 1.16 bits per heavy atom. The molecule has 0 fully saturated rings. The monoisotopic (exact) mass is 431 g/mol. The lowest BCUT2D eigenvalue weighted by atomic mass is 10.1. The summed E-state index contributed by atoms with van der Waals surface area (Å²) in [5.74, 6) is 2.76. The first-order chi connectivity index (χ1) is 15.7. The van der Waals surface area contributed by atoms with Crippen LogP contribution in [0, 0.1) is 0 Å². The highest BCUT2D eigenvalue weighted by Gasteiger charge is 2.16. The van der Waals surface area contributed by atoms with E-state index < -0.39 is 0 Å². The van der Waals surface area contributed by atoms with Crippen LogP contribution in [0.3, 0.4) is 0 Å². The molecule has 9 nitrogen and oxygen atoms in total. The third-order valence-corrected chi connectivity index (χ3v) is 5.09. The second-order valence-corrected chi connectivity index (χ2v) is 7.14. The highest BCUT2D eigenvalue weighted by Crippen LogP contribution is 2.34. The van der Waals surface area contributed by atoms with Gasteiger partial charge in [-0.3, -0.25) is 14.2 Å². The lowest BCUT2D eigenvalue weighted by Crippen LogP contribution is -2.17. The number of methoxy groups -OCH3 is 1. The maximum absolute atomic E-state index is 12.5. The molecule has 32 heavy (non-hydrogen) atoms. The summed E-state index contributed by atoms with van der Waals surface area (Å²) in [5.41, 5.74) is 3.09. The van der Waals surface area contributed by atoms with Crippen molar-refractivity contribution in [1.82, 2.24) is 14.4 Å². The first-order valence-corrected chi connectivity index (χ1v) is 10.1. The summed E-state index contributed by atoms with van der Waals surface area (Å²) in [6.07, 6.45) is 5.51. The zero-order valence-electron chi connectivity index (χ0n) is 17.4. The van der Waals surface area contributed by atoms with Gasteiger partial charge in [0.25, 0.3) is 0 Å². The van der Waals surface area contributed by atoms with Crippen molar-refractivity contribution in [3.8, 4) is 28.5 Å². The molecule has 5 rings (SSSR count). The Balaban J connectivity index is 1.29. The highest BCUT2D eigenvalue weighted by atomic mass is 16.7. The predicted octanol–water partition coefficient (Wildman–Crippen LogP) is 3.57. The van der Waals surface area contributed by atoms with Crippen molar-refractivity contribution in [2.45, 2.75) is 6.42 Å². The molecule has 0 unspecified atom stereocenters. The van der Waals surface area contributed by atoms with Gasteiger partial charge in [-0.15, -0.1) is 0 Å². The highest BCUT2D eigenvalue weighted by molar-refractivity contribution is 5.91. The van der Waals surface area contributed by atoms with E-state index >= 15 is 0 Å². The molecule has 1 aliphatic rings. The molecule has 4 aromatic rings. The molecule has 0 bridgehead atoms. The second kappa shape index (κ2) is 8.46. The van der Waals surface area contributed by atoms with E-state index in [0.29, 0.717) is 29.4 Å². The fourth-order valence-corrected chi connectivity index (χ4v) is 3.52. The van der Waals surface area contributed by atoms with E-state index in [-0.39, 0.29) is 19.1 Å². The number of ether oxygens (including phenoxy) is 3. The number of hydrogen-bond donors (Lipinski definition) is 2. The van der Waals surface area contributed by atoms with E-state index in [0.717, 1.165) is 22.8 Å². The number of benzene rings is 2. The summed E-state index contributed by atoms with van der Waals surface area (Å²) in [4.78, 5) is 21.3. The molecule has 2 aromatic heterocycles. The Morgan fingerprint density at radius 2 is 2.00 bits per heavy atom. The van der Waals surface area contributed by atoms with Crippen LogP contribution in [0.15, 0.2) is 61.1 Å². The third kappa shape index (κ3) is 3.87. The predicted molar refractivity (Wildman–Crippen MR) is 119 cm³/mol. The average molecular weight is 431 g/mol. The number of aromatic nitrogens is 3. The molecule has 1 aliphatic heterocycles. The van der Waals surface area contributed by atoms with E-state index in [1.807, 2.05) is 34.9 Å². The largest absolute Gasteiger partial charge is 0.497 e. The van der Waals surface area contributed by atoms with E-state index in [1.54, 1.807) is 37.7 Å². The molecule has 1 amide bonds. The van der Waals surface area contributed by atoms with Gasteiger partial charge in [0, 0.05) is 42.7 Å². The van der Waals surface area contributed by atoms with Crippen LogP contribution in [-0.4, -0.2) is 40.7 Å². The lowest BCUT2D eigenvalue weighted by Gasteiger charge is -2.10. The molecule has 0 atom stereocenters. The molecule has 0 saturated heterocycles. The van der Waals surface area contributed by atoms with Crippen LogP contribution in [0.1, 0.15) is 6.42 Å². The molecular formula is C23H21N5O4. The van der Waals surface area contributed by atoms with Gasteiger partial charge in [0.1, 0.15) is 17.3 Å². The van der Waals surface area contributed by atoms with Crippen molar-refractivity contribution in [2.24, 2.45) is 0 Å². The smallest absolute Gasteiger partial charge is 0.231 e. The average Bonchev–Trinajstić information content (AvgIpc) is 3.43. The molecule has 3 heterocycles. The first kappa shape index (κ1) is 19.7. The summed E-state index contributed by atoms with van der Waals surface area (Å²) >= 11 is 0. The Kier molecular flexibility index (Phi) is 5.20. The minimum Gasteiger partial charge on any atom is -0.497 e. The van der Waals surface area contributed by atoms with Gasteiger partial charge in [-0.1, -0.05) is 0 Å². The number of rotatable bonds is 7. The van der Waals surface area contributed by atoms with Crippen LogP contribution < -0.4 is 24.8 Å². The van der Waals surface area contributed by atoms with Crippen molar-refractivity contribution < 1.29 is 19.0 Å². The van der Waals surface area contributed by atoms with Gasteiger partial charge < -0.3 is 24.8 Å². The number of anilines is 2. The first-order valence-electron chi connectivity index (χ1n) is 10.1. The number of carbonyl (C=O) groups excluding carboxylic acids is 1. The summed E-state index contributed by atoms with van der Waals surface area (Å²) in [6.45, 7) is 0.623. The van der Waals surface area contributed by atoms with Gasteiger partial charge in [0.2, 0.25) is 12.7 Å². The number of nitrogens with zero attached hydrogens (tertiary/aromatic N) is 3. The van der Waals surface area contributed by atoms with Crippen molar-refractivity contribution in [2.75, 3.05) is 31.1 Å². The number of imidazole rings is 1. The van der Waals surface area contributed by atoms with Crippen LogP contribution in [-0.2, 0) is 4.79 Å². The van der Waals surface area contributed by atoms with Crippen molar-refractivity contribution in [3.63, 3.8) is 0 Å². The fourth-order valence-electron chi connectivity index (χ4n) is 3.52. The Labute approximate surface area is 184 Å². The van der Waals surface area contributed by atoms with Gasteiger partial charge in [-0.2, -0.15) is 0 Å². The molecule has 2 aromatic carbocycles. The Bertz CT molecular complexity index is 1270. The topological polar surface area (TPSA) is 99.0 Å².